The maximum Gasteiger partial charge on any atom is 0.254 e. The molecule has 0 heterocycles. The molecule has 92 valence electrons. The third-order valence-electron chi connectivity index (χ3n) is 3.61. The minimum absolute atomic E-state index is 0.0802. The molecule has 0 bridgehead atoms. The summed E-state index contributed by atoms with van der Waals surface area (Å²) in [5.74, 6) is 0.160. The van der Waals surface area contributed by atoms with Crippen LogP contribution in [0.15, 0.2) is 0 Å². The van der Waals surface area contributed by atoms with Gasteiger partial charge in [-0.15, -0.1) is 0 Å². The van der Waals surface area contributed by atoms with Crippen molar-refractivity contribution in [3.05, 3.63) is 0 Å². The van der Waals surface area contributed by atoms with Crippen LogP contribution in [0.4, 0.5) is 0 Å². The molecule has 16 heavy (non-hydrogen) atoms. The van der Waals surface area contributed by atoms with Gasteiger partial charge in [-0.2, -0.15) is 0 Å². The quantitative estimate of drug-likeness (QED) is 0.696. The fourth-order valence-electron chi connectivity index (χ4n) is 2.52. The largest absolute Gasteiger partial charge is 0.357 e. The second-order valence-electron chi connectivity index (χ2n) is 4.72. The van der Waals surface area contributed by atoms with Crippen LogP contribution in [0.25, 0.3) is 0 Å². The van der Waals surface area contributed by atoms with Crippen molar-refractivity contribution in [1.82, 2.24) is 9.13 Å². The van der Waals surface area contributed by atoms with E-state index in [0.29, 0.717) is 5.54 Å². The highest BCUT2D eigenvalue weighted by atomic mass is 28.3. The van der Waals surface area contributed by atoms with Crippen molar-refractivity contribution in [2.75, 3.05) is 14.1 Å². The lowest BCUT2D eigenvalue weighted by molar-refractivity contribution is -0.125. The van der Waals surface area contributed by atoms with Crippen LogP contribution in [0.2, 0.25) is 5.54 Å². The third-order valence-corrected chi connectivity index (χ3v) is 7.43. The molecule has 1 saturated carbocycles. The number of hydrogen-bond donors (Lipinski definition) is 0. The fourth-order valence-corrected chi connectivity index (χ4v) is 6.12. The highest BCUT2D eigenvalue weighted by molar-refractivity contribution is 6.59. The van der Waals surface area contributed by atoms with Crippen molar-refractivity contribution in [3.63, 3.8) is 0 Å². The first-order valence-corrected chi connectivity index (χ1v) is 7.62. The molecule has 1 aliphatic carbocycles. The lowest BCUT2D eigenvalue weighted by Gasteiger charge is -2.36. The molecule has 0 unspecified atom stereocenters. The number of rotatable bonds is 3. The van der Waals surface area contributed by atoms with Crippen molar-refractivity contribution >= 4 is 20.9 Å². The van der Waals surface area contributed by atoms with Crippen LogP contribution in [-0.4, -0.2) is 44.2 Å². The molecule has 0 spiro atoms. The molecular formula is C11H22N2O2Si. The molecule has 1 fully saturated rings. The molecule has 1 aliphatic rings. The first-order valence-electron chi connectivity index (χ1n) is 5.92. The molecule has 0 saturated heterocycles. The zero-order valence-corrected chi connectivity index (χ0v) is 11.8. The summed E-state index contributed by atoms with van der Waals surface area (Å²) in [6, 6.07) is 0. The van der Waals surface area contributed by atoms with Crippen LogP contribution in [0.3, 0.4) is 0 Å². The molecule has 0 aromatic rings. The third kappa shape index (κ3) is 2.84. The van der Waals surface area contributed by atoms with Gasteiger partial charge in [-0.1, -0.05) is 12.8 Å². The predicted octanol–water partition coefficient (Wildman–Crippen LogP) is 1.11. The molecule has 1 rings (SSSR count). The standard InChI is InChI=1S/C11H22N2O2Si/c1-9(14)12(3)16(13(4)10(2)15)11-7-5-6-8-11/h11,16H,5-8H2,1-4H3. The molecule has 0 aromatic heterocycles. The normalized spacial score (nSPS) is 16.6. The Bertz CT molecular complexity index is 257. The maximum absolute atomic E-state index is 11.5. The van der Waals surface area contributed by atoms with Crippen molar-refractivity contribution in [1.29, 1.82) is 0 Å². The molecule has 0 radical (unpaired) electrons. The summed E-state index contributed by atoms with van der Waals surface area (Å²) in [5, 5.41) is 0. The first-order chi connectivity index (χ1) is 7.45. The molecule has 0 atom stereocenters. The van der Waals surface area contributed by atoms with E-state index in [1.807, 2.05) is 23.2 Å². The molecule has 5 heteroatoms. The Morgan fingerprint density at radius 2 is 1.38 bits per heavy atom. The summed E-state index contributed by atoms with van der Waals surface area (Å²) in [6.07, 6.45) is 4.83. The second-order valence-corrected chi connectivity index (χ2v) is 8.04. The predicted molar refractivity (Wildman–Crippen MR) is 66.3 cm³/mol. The number of carbonyl (C=O) groups excluding carboxylic acids is 2. The van der Waals surface area contributed by atoms with Gasteiger partial charge in [0, 0.05) is 27.9 Å². The highest BCUT2D eigenvalue weighted by Gasteiger charge is 2.36. The highest BCUT2D eigenvalue weighted by Crippen LogP contribution is 2.34. The fraction of sp³-hybridized carbons (Fsp3) is 0.818. The Labute approximate surface area is 99.4 Å². The lowest BCUT2D eigenvalue weighted by Crippen LogP contribution is -2.55. The molecular weight excluding hydrogens is 220 g/mol. The van der Waals surface area contributed by atoms with Gasteiger partial charge in [-0.05, 0) is 18.4 Å². The smallest absolute Gasteiger partial charge is 0.254 e. The van der Waals surface area contributed by atoms with Gasteiger partial charge < -0.3 is 9.13 Å². The second kappa shape index (κ2) is 5.47. The average Bonchev–Trinajstić information content (AvgIpc) is 2.70. The molecule has 4 nitrogen and oxygen atoms in total. The van der Waals surface area contributed by atoms with Crippen LogP contribution in [0, 0.1) is 0 Å². The van der Waals surface area contributed by atoms with Crippen molar-refractivity contribution < 1.29 is 9.59 Å². The van der Waals surface area contributed by atoms with Crippen molar-refractivity contribution in [2.45, 2.75) is 45.1 Å². The van der Waals surface area contributed by atoms with E-state index in [2.05, 4.69) is 0 Å². The Morgan fingerprint density at radius 3 is 1.69 bits per heavy atom. The van der Waals surface area contributed by atoms with Gasteiger partial charge in [0.1, 0.15) is 0 Å². The summed E-state index contributed by atoms with van der Waals surface area (Å²) >= 11 is 0. The number of amides is 2. The first kappa shape index (κ1) is 13.2. The van der Waals surface area contributed by atoms with Gasteiger partial charge in [-0.3, -0.25) is 9.59 Å². The SMILES string of the molecule is CC(=O)N(C)[SiH](C1CCCC1)N(C)C(C)=O. The number of nitrogens with zero attached hydrogens (tertiary/aromatic N) is 2. The minimum Gasteiger partial charge on any atom is -0.357 e. The summed E-state index contributed by atoms with van der Waals surface area (Å²) in [5.41, 5.74) is 0.572. The van der Waals surface area contributed by atoms with E-state index in [1.165, 1.54) is 25.7 Å². The lowest BCUT2D eigenvalue weighted by atomic mass is 10.4. The van der Waals surface area contributed by atoms with Crippen molar-refractivity contribution in [2.24, 2.45) is 0 Å². The summed E-state index contributed by atoms with van der Waals surface area (Å²) in [6.45, 7) is 3.17. The minimum atomic E-state index is -1.62. The molecule has 0 aliphatic heterocycles. The molecule has 0 N–H and O–H groups in total. The number of carbonyl (C=O) groups is 2. The zero-order chi connectivity index (χ0) is 12.3. The van der Waals surface area contributed by atoms with Gasteiger partial charge in [0.15, 0.2) is 0 Å². The van der Waals surface area contributed by atoms with Crippen LogP contribution >= 0.6 is 0 Å². The van der Waals surface area contributed by atoms with E-state index in [-0.39, 0.29) is 11.8 Å². The monoisotopic (exact) mass is 242 g/mol. The van der Waals surface area contributed by atoms with E-state index >= 15 is 0 Å². The van der Waals surface area contributed by atoms with E-state index in [4.69, 9.17) is 0 Å². The Morgan fingerprint density at radius 1 is 1.00 bits per heavy atom. The molecule has 2 amide bonds. The van der Waals surface area contributed by atoms with Gasteiger partial charge in [0.25, 0.3) is 9.12 Å². The average molecular weight is 242 g/mol. The van der Waals surface area contributed by atoms with E-state index in [1.54, 1.807) is 13.8 Å². The maximum atomic E-state index is 11.5. The number of hydrogen-bond acceptors (Lipinski definition) is 2. The van der Waals surface area contributed by atoms with E-state index < -0.39 is 9.12 Å². The van der Waals surface area contributed by atoms with Gasteiger partial charge in [-0.25, -0.2) is 0 Å². The Hall–Kier alpha value is -0.843. The van der Waals surface area contributed by atoms with Crippen LogP contribution in [-0.2, 0) is 9.59 Å². The van der Waals surface area contributed by atoms with Crippen molar-refractivity contribution in [3.8, 4) is 0 Å². The Balaban J connectivity index is 2.83. The topological polar surface area (TPSA) is 40.6 Å². The van der Waals surface area contributed by atoms with E-state index in [9.17, 15) is 9.59 Å². The van der Waals surface area contributed by atoms with Crippen LogP contribution < -0.4 is 0 Å². The zero-order valence-electron chi connectivity index (χ0n) is 10.7. The summed E-state index contributed by atoms with van der Waals surface area (Å²) in [7, 11) is 2.07. The molecule has 0 aromatic carbocycles. The van der Waals surface area contributed by atoms with Crippen LogP contribution in [0.1, 0.15) is 39.5 Å². The van der Waals surface area contributed by atoms with Gasteiger partial charge >= 0.3 is 0 Å². The Kier molecular flexibility index (Phi) is 4.52. The van der Waals surface area contributed by atoms with Crippen LogP contribution in [0.5, 0.6) is 0 Å². The summed E-state index contributed by atoms with van der Waals surface area (Å²) < 4.78 is 3.66. The summed E-state index contributed by atoms with van der Waals surface area (Å²) in [4.78, 5) is 23.0. The van der Waals surface area contributed by atoms with Gasteiger partial charge in [0.2, 0.25) is 11.8 Å². The van der Waals surface area contributed by atoms with E-state index in [0.717, 1.165) is 0 Å². The van der Waals surface area contributed by atoms with Gasteiger partial charge in [0.05, 0.1) is 0 Å².